The maximum absolute atomic E-state index is 13.5. The highest BCUT2D eigenvalue weighted by molar-refractivity contribution is 5.92. The molecule has 0 radical (unpaired) electrons. The zero-order valence-electron chi connectivity index (χ0n) is 20.9. The Morgan fingerprint density at radius 1 is 1.00 bits per heavy atom. The minimum absolute atomic E-state index is 0.0815. The Morgan fingerprint density at radius 3 is 2.16 bits per heavy atom. The van der Waals surface area contributed by atoms with Crippen LogP contribution in [0.15, 0.2) is 64.2 Å². The van der Waals surface area contributed by atoms with Crippen LogP contribution in [0.5, 0.6) is 0 Å². The second-order valence-corrected chi connectivity index (χ2v) is 9.27. The van der Waals surface area contributed by atoms with Crippen LogP contribution in [0, 0.1) is 0 Å². The third-order valence-corrected chi connectivity index (χ3v) is 6.71. The number of carbonyl (C=O) groups is 1. The molecule has 0 spiro atoms. The van der Waals surface area contributed by atoms with Crippen molar-refractivity contribution in [2.75, 3.05) is 33.4 Å². The molecule has 1 saturated heterocycles. The van der Waals surface area contributed by atoms with Gasteiger partial charge in [-0.15, -0.1) is 0 Å². The van der Waals surface area contributed by atoms with Crippen molar-refractivity contribution in [1.29, 1.82) is 0 Å². The van der Waals surface area contributed by atoms with Gasteiger partial charge in [-0.25, -0.2) is 4.79 Å². The number of piperidine rings is 1. The lowest BCUT2D eigenvalue weighted by molar-refractivity contribution is -0.137. The molecule has 11 heteroatoms. The maximum atomic E-state index is 13.5. The highest BCUT2D eigenvalue weighted by Crippen LogP contribution is 2.31. The van der Waals surface area contributed by atoms with Crippen LogP contribution in [0.3, 0.4) is 0 Å². The van der Waals surface area contributed by atoms with Crippen LogP contribution >= 0.6 is 0 Å². The fourth-order valence-corrected chi connectivity index (χ4v) is 4.63. The highest BCUT2D eigenvalue weighted by Gasteiger charge is 2.31. The van der Waals surface area contributed by atoms with E-state index in [1.165, 1.54) is 12.1 Å². The maximum Gasteiger partial charge on any atom is 0.416 e. The first kappa shape index (κ1) is 27.3. The molecule has 2 heterocycles. The van der Waals surface area contributed by atoms with E-state index in [1.807, 2.05) is 12.1 Å². The van der Waals surface area contributed by atoms with E-state index in [4.69, 9.17) is 4.74 Å². The molecule has 1 aromatic heterocycles. The van der Waals surface area contributed by atoms with Crippen molar-refractivity contribution in [2.45, 2.75) is 31.6 Å². The van der Waals surface area contributed by atoms with Crippen LogP contribution < -0.4 is 11.2 Å². The summed E-state index contributed by atoms with van der Waals surface area (Å²) in [5.74, 6) is -0.449. The van der Waals surface area contributed by atoms with Crippen molar-refractivity contribution in [2.24, 2.45) is 0 Å². The van der Waals surface area contributed by atoms with Crippen molar-refractivity contribution in [3.05, 3.63) is 92.3 Å². The quantitative estimate of drug-likeness (QED) is 0.465. The van der Waals surface area contributed by atoms with Gasteiger partial charge >= 0.3 is 11.9 Å². The lowest BCUT2D eigenvalue weighted by Gasteiger charge is -2.38. The summed E-state index contributed by atoms with van der Waals surface area (Å²) in [6.45, 7) is 3.20. The van der Waals surface area contributed by atoms with Gasteiger partial charge in [-0.2, -0.15) is 13.2 Å². The molecular formula is C27H29F3N4O4. The summed E-state index contributed by atoms with van der Waals surface area (Å²) in [6.07, 6.45) is -2.97. The number of aromatic amines is 2. The van der Waals surface area contributed by atoms with Gasteiger partial charge in [-0.05, 0) is 41.7 Å². The van der Waals surface area contributed by atoms with Crippen LogP contribution in [0.4, 0.5) is 13.2 Å². The lowest BCUT2D eigenvalue weighted by Crippen LogP contribution is -2.48. The predicted octanol–water partition coefficient (Wildman–Crippen LogP) is 3.50. The number of H-pyrrole nitrogens is 2. The Morgan fingerprint density at radius 2 is 1.61 bits per heavy atom. The number of nitrogens with one attached hydrogen (secondary N) is 2. The van der Waals surface area contributed by atoms with E-state index in [0.29, 0.717) is 25.0 Å². The van der Waals surface area contributed by atoms with Crippen LogP contribution in [0.2, 0.25) is 0 Å². The van der Waals surface area contributed by atoms with Gasteiger partial charge in [0.15, 0.2) is 0 Å². The third kappa shape index (κ3) is 6.78. The largest absolute Gasteiger partial charge is 0.416 e. The number of hydrogen-bond acceptors (Lipinski definition) is 5. The van der Waals surface area contributed by atoms with Crippen molar-refractivity contribution >= 4 is 5.91 Å². The second-order valence-electron chi connectivity index (χ2n) is 9.27. The number of aromatic nitrogens is 2. The van der Waals surface area contributed by atoms with E-state index >= 15 is 0 Å². The Hall–Kier alpha value is -3.70. The minimum Gasteiger partial charge on any atom is -0.383 e. The molecule has 1 aliphatic heterocycles. The van der Waals surface area contributed by atoms with E-state index in [9.17, 15) is 27.6 Å². The molecule has 4 rings (SSSR count). The van der Waals surface area contributed by atoms with Gasteiger partial charge in [-0.3, -0.25) is 14.6 Å². The molecule has 38 heavy (non-hydrogen) atoms. The van der Waals surface area contributed by atoms with E-state index in [2.05, 4.69) is 14.9 Å². The Bertz CT molecular complexity index is 1310. The van der Waals surface area contributed by atoms with E-state index in [-0.39, 0.29) is 18.3 Å². The number of methoxy groups -OCH3 is 1. The van der Waals surface area contributed by atoms with Gasteiger partial charge in [0.2, 0.25) is 0 Å². The number of nitrogens with zero attached hydrogens (tertiary/aromatic N) is 2. The first-order chi connectivity index (χ1) is 18.1. The molecule has 202 valence electrons. The second kappa shape index (κ2) is 11.8. The zero-order valence-corrected chi connectivity index (χ0v) is 20.9. The number of hydrogen-bond donors (Lipinski definition) is 2. The number of ether oxygens (including phenoxy) is 1. The van der Waals surface area contributed by atoms with Crippen LogP contribution in [-0.4, -0.2) is 65.1 Å². The van der Waals surface area contributed by atoms with Crippen molar-refractivity contribution in [3.8, 4) is 11.1 Å². The molecule has 2 N–H and O–H groups in total. The number of benzene rings is 2. The average Bonchev–Trinajstić information content (AvgIpc) is 2.90. The minimum atomic E-state index is -4.40. The van der Waals surface area contributed by atoms with Crippen LogP contribution in [0.1, 0.15) is 34.5 Å². The smallest absolute Gasteiger partial charge is 0.383 e. The topological polar surface area (TPSA) is 98.5 Å². The number of amides is 1. The molecule has 1 fully saturated rings. The van der Waals surface area contributed by atoms with Crippen molar-refractivity contribution in [3.63, 3.8) is 0 Å². The van der Waals surface area contributed by atoms with Gasteiger partial charge < -0.3 is 19.5 Å². The number of rotatable bonds is 8. The van der Waals surface area contributed by atoms with Crippen LogP contribution in [-0.2, 0) is 17.5 Å². The third-order valence-electron chi connectivity index (χ3n) is 6.71. The molecule has 0 saturated carbocycles. The summed E-state index contributed by atoms with van der Waals surface area (Å²) >= 11 is 0. The first-order valence-electron chi connectivity index (χ1n) is 12.3. The fraction of sp³-hybridized carbons (Fsp3) is 0.370. The summed E-state index contributed by atoms with van der Waals surface area (Å²) < 4.78 is 43.8. The average molecular weight is 531 g/mol. The molecule has 1 aliphatic rings. The highest BCUT2D eigenvalue weighted by atomic mass is 19.4. The molecule has 3 aromatic rings. The van der Waals surface area contributed by atoms with Gasteiger partial charge in [-0.1, -0.05) is 36.4 Å². The molecule has 2 aromatic carbocycles. The molecule has 0 bridgehead atoms. The summed E-state index contributed by atoms with van der Waals surface area (Å²) in [5.41, 5.74) is -0.0147. The summed E-state index contributed by atoms with van der Waals surface area (Å²) in [5, 5.41) is 0. The van der Waals surface area contributed by atoms with E-state index in [1.54, 1.807) is 24.1 Å². The normalized spacial score (nSPS) is 14.9. The fourth-order valence-electron chi connectivity index (χ4n) is 4.63. The van der Waals surface area contributed by atoms with Crippen LogP contribution in [0.25, 0.3) is 11.1 Å². The molecule has 0 atom stereocenters. The molecular weight excluding hydrogens is 501 g/mol. The molecule has 0 aliphatic carbocycles. The Balaban J connectivity index is 1.54. The number of alkyl halides is 3. The van der Waals surface area contributed by atoms with Gasteiger partial charge in [0, 0.05) is 45.4 Å². The Kier molecular flexibility index (Phi) is 8.48. The summed E-state index contributed by atoms with van der Waals surface area (Å²) in [7, 11) is 1.65. The summed E-state index contributed by atoms with van der Waals surface area (Å²) in [4.78, 5) is 45.6. The SMILES string of the molecule is COCCN1CCC(N(Cc2ccc(-c3ccc(C(F)(F)F)cc3)cc2)C(=O)c2cc(=O)[nH]c(=O)[nH]2)CC1. The van der Waals surface area contributed by atoms with Crippen molar-refractivity contribution < 1.29 is 22.7 Å². The Labute approximate surface area is 217 Å². The number of carbonyl (C=O) groups excluding carboxylic acids is 1. The molecule has 0 unspecified atom stereocenters. The number of likely N-dealkylation sites (tertiary alicyclic amines) is 1. The lowest BCUT2D eigenvalue weighted by atomic mass is 10.00. The van der Waals surface area contributed by atoms with E-state index < -0.39 is 28.9 Å². The number of halogens is 3. The molecule has 1 amide bonds. The summed E-state index contributed by atoms with van der Waals surface area (Å²) in [6, 6.07) is 13.1. The predicted molar refractivity (Wildman–Crippen MR) is 136 cm³/mol. The van der Waals surface area contributed by atoms with Gasteiger partial charge in [0.1, 0.15) is 5.69 Å². The molecule has 8 nitrogen and oxygen atoms in total. The van der Waals surface area contributed by atoms with E-state index in [0.717, 1.165) is 49.0 Å². The monoisotopic (exact) mass is 530 g/mol. The van der Waals surface area contributed by atoms with Gasteiger partial charge in [0.05, 0.1) is 12.2 Å². The zero-order chi connectivity index (χ0) is 27.3. The standard InChI is InChI=1S/C27H29F3N4O4/c1-38-15-14-33-12-10-22(11-13-33)34(25(36)23-16-24(35)32-26(37)31-23)17-18-2-4-19(5-3-18)20-6-8-21(9-7-20)27(28,29)30/h2-9,16,22H,10-15,17H2,1H3,(H2,31,32,35,37). The van der Waals surface area contributed by atoms with Crippen molar-refractivity contribution in [1.82, 2.24) is 19.8 Å². The first-order valence-corrected chi connectivity index (χ1v) is 12.3. The van der Waals surface area contributed by atoms with Gasteiger partial charge in [0.25, 0.3) is 11.5 Å².